The predicted octanol–water partition coefficient (Wildman–Crippen LogP) is 2.54. The van der Waals surface area contributed by atoms with Gasteiger partial charge in [-0.25, -0.2) is 14.6 Å². The fourth-order valence-corrected chi connectivity index (χ4v) is 2.57. The van der Waals surface area contributed by atoms with Crippen LogP contribution in [0.3, 0.4) is 0 Å². The average Bonchev–Trinajstić information content (AvgIpc) is 2.84. The number of halogens is 1. The van der Waals surface area contributed by atoms with Crippen LogP contribution < -0.4 is 10.2 Å². The van der Waals surface area contributed by atoms with Gasteiger partial charge in [-0.1, -0.05) is 11.6 Å². The van der Waals surface area contributed by atoms with Crippen LogP contribution in [0.25, 0.3) is 0 Å². The maximum absolute atomic E-state index is 11.8. The zero-order valence-corrected chi connectivity index (χ0v) is 14.1. The van der Waals surface area contributed by atoms with E-state index in [4.69, 9.17) is 16.3 Å². The van der Waals surface area contributed by atoms with Crippen molar-refractivity contribution < 1.29 is 19.4 Å². The Kier molecular flexibility index (Phi) is 4.99. The third-order valence-electron chi connectivity index (χ3n) is 3.33. The number of aromatic nitrogens is 1. The standard InChI is InChI=1S/C15H20ClN3O4/c1-15(2,3)23-14(22)18-9-4-5-19(8-9)11-6-12(16)17-7-10(11)13(20)21/h6-7,9H,4-5,8H2,1-3H3,(H,18,22)(H,20,21)/t9-/m0/s1. The van der Waals surface area contributed by atoms with E-state index in [2.05, 4.69) is 10.3 Å². The molecule has 23 heavy (non-hydrogen) atoms. The Morgan fingerprint density at radius 3 is 2.78 bits per heavy atom. The largest absolute Gasteiger partial charge is 0.478 e. The summed E-state index contributed by atoms with van der Waals surface area (Å²) < 4.78 is 5.23. The Morgan fingerprint density at radius 1 is 1.48 bits per heavy atom. The number of nitrogens with one attached hydrogen (secondary N) is 1. The van der Waals surface area contributed by atoms with Gasteiger partial charge < -0.3 is 20.1 Å². The van der Waals surface area contributed by atoms with Crippen molar-refractivity contribution in [3.63, 3.8) is 0 Å². The maximum Gasteiger partial charge on any atom is 0.407 e. The highest BCUT2D eigenvalue weighted by Gasteiger charge is 2.28. The van der Waals surface area contributed by atoms with E-state index < -0.39 is 17.7 Å². The molecule has 1 aromatic heterocycles. The lowest BCUT2D eigenvalue weighted by molar-refractivity contribution is 0.0508. The lowest BCUT2D eigenvalue weighted by atomic mass is 10.2. The molecule has 2 heterocycles. The number of anilines is 1. The molecule has 1 atom stereocenters. The van der Waals surface area contributed by atoms with E-state index in [9.17, 15) is 14.7 Å². The van der Waals surface area contributed by atoms with Gasteiger partial charge in [-0.15, -0.1) is 0 Å². The van der Waals surface area contributed by atoms with E-state index in [0.29, 0.717) is 25.2 Å². The molecule has 7 nitrogen and oxygen atoms in total. The van der Waals surface area contributed by atoms with Crippen LogP contribution in [0.5, 0.6) is 0 Å². The molecule has 1 fully saturated rings. The normalized spacial score (nSPS) is 17.9. The minimum absolute atomic E-state index is 0.0901. The van der Waals surface area contributed by atoms with Crippen molar-refractivity contribution in [2.75, 3.05) is 18.0 Å². The first-order chi connectivity index (χ1) is 10.7. The van der Waals surface area contributed by atoms with E-state index in [0.717, 1.165) is 0 Å². The van der Waals surface area contributed by atoms with Crippen LogP contribution >= 0.6 is 11.6 Å². The van der Waals surface area contributed by atoms with Crippen molar-refractivity contribution in [2.45, 2.75) is 38.8 Å². The van der Waals surface area contributed by atoms with Gasteiger partial charge in [0.25, 0.3) is 0 Å². The van der Waals surface area contributed by atoms with Crippen LogP contribution in [0.1, 0.15) is 37.6 Å². The molecular weight excluding hydrogens is 322 g/mol. The molecule has 0 bridgehead atoms. The molecule has 2 rings (SSSR count). The number of carbonyl (C=O) groups excluding carboxylic acids is 1. The number of pyridine rings is 1. The number of nitrogens with zero attached hydrogens (tertiary/aromatic N) is 2. The number of carboxylic acid groups (broad SMARTS) is 1. The van der Waals surface area contributed by atoms with Crippen molar-refractivity contribution in [2.24, 2.45) is 0 Å². The Morgan fingerprint density at radius 2 is 2.17 bits per heavy atom. The predicted molar refractivity (Wildman–Crippen MR) is 86.2 cm³/mol. The zero-order valence-electron chi connectivity index (χ0n) is 13.3. The van der Waals surface area contributed by atoms with Crippen molar-refractivity contribution >= 4 is 29.4 Å². The van der Waals surface area contributed by atoms with E-state index >= 15 is 0 Å². The van der Waals surface area contributed by atoms with Crippen molar-refractivity contribution in [1.29, 1.82) is 0 Å². The summed E-state index contributed by atoms with van der Waals surface area (Å²) in [5.74, 6) is -1.06. The van der Waals surface area contributed by atoms with Crippen LogP contribution in [0.4, 0.5) is 10.5 Å². The molecule has 1 amide bonds. The first-order valence-corrected chi connectivity index (χ1v) is 7.67. The minimum Gasteiger partial charge on any atom is -0.478 e. The molecule has 1 aromatic rings. The zero-order chi connectivity index (χ0) is 17.2. The Labute approximate surface area is 139 Å². The number of rotatable bonds is 3. The van der Waals surface area contributed by atoms with Crippen LogP contribution in [0.2, 0.25) is 5.15 Å². The van der Waals surface area contributed by atoms with Gasteiger partial charge in [0.1, 0.15) is 16.3 Å². The summed E-state index contributed by atoms with van der Waals surface area (Å²) in [6, 6.07) is 1.42. The highest BCUT2D eigenvalue weighted by atomic mass is 35.5. The molecule has 8 heteroatoms. The van der Waals surface area contributed by atoms with Crippen molar-refractivity contribution in [3.05, 3.63) is 23.0 Å². The fraction of sp³-hybridized carbons (Fsp3) is 0.533. The molecular formula is C15H20ClN3O4. The first-order valence-electron chi connectivity index (χ1n) is 7.29. The number of ether oxygens (including phenoxy) is 1. The molecule has 1 saturated heterocycles. The van der Waals surface area contributed by atoms with Gasteiger partial charge in [0.2, 0.25) is 0 Å². The van der Waals surface area contributed by atoms with E-state index in [1.165, 1.54) is 12.3 Å². The number of aromatic carboxylic acids is 1. The van der Waals surface area contributed by atoms with Gasteiger partial charge in [-0.3, -0.25) is 0 Å². The molecule has 0 aromatic carbocycles. The highest BCUT2D eigenvalue weighted by molar-refractivity contribution is 6.29. The molecule has 1 aliphatic rings. The summed E-state index contributed by atoms with van der Waals surface area (Å²) in [6.45, 7) is 6.49. The lowest BCUT2D eigenvalue weighted by Crippen LogP contribution is -2.40. The Balaban J connectivity index is 2.04. The lowest BCUT2D eigenvalue weighted by Gasteiger charge is -2.23. The second kappa shape index (κ2) is 6.62. The number of amides is 1. The Bertz CT molecular complexity index is 615. The second-order valence-corrected chi connectivity index (χ2v) is 6.79. The van der Waals surface area contributed by atoms with Gasteiger partial charge in [-0.05, 0) is 33.3 Å². The summed E-state index contributed by atoms with van der Waals surface area (Å²) in [5.41, 5.74) is 0.0376. The summed E-state index contributed by atoms with van der Waals surface area (Å²) in [5, 5.41) is 12.3. The molecule has 2 N–H and O–H groups in total. The SMILES string of the molecule is CC(C)(C)OC(=O)N[C@H]1CCN(c2cc(Cl)ncc2C(=O)O)C1. The van der Waals surface area contributed by atoms with Gasteiger partial charge in [0.05, 0.1) is 11.7 Å². The van der Waals surface area contributed by atoms with E-state index in [-0.39, 0.29) is 16.8 Å². The third kappa shape index (κ3) is 4.72. The summed E-state index contributed by atoms with van der Waals surface area (Å²) in [7, 11) is 0. The first kappa shape index (κ1) is 17.3. The highest BCUT2D eigenvalue weighted by Crippen LogP contribution is 2.27. The molecule has 126 valence electrons. The molecule has 0 unspecified atom stereocenters. The van der Waals surface area contributed by atoms with Crippen LogP contribution in [-0.4, -0.2) is 46.9 Å². The second-order valence-electron chi connectivity index (χ2n) is 6.41. The van der Waals surface area contributed by atoms with Crippen LogP contribution in [-0.2, 0) is 4.74 Å². The van der Waals surface area contributed by atoms with Gasteiger partial charge >= 0.3 is 12.1 Å². The summed E-state index contributed by atoms with van der Waals surface area (Å²) >= 11 is 5.87. The summed E-state index contributed by atoms with van der Waals surface area (Å²) in [4.78, 5) is 28.8. The van der Waals surface area contributed by atoms with Crippen LogP contribution in [0, 0.1) is 0 Å². The maximum atomic E-state index is 11.8. The number of carboxylic acids is 1. The van der Waals surface area contributed by atoms with Crippen molar-refractivity contribution in [3.8, 4) is 0 Å². The number of alkyl carbamates (subject to hydrolysis) is 1. The fourth-order valence-electron chi connectivity index (χ4n) is 2.42. The molecule has 0 aliphatic carbocycles. The van der Waals surface area contributed by atoms with Crippen LogP contribution in [0.15, 0.2) is 12.3 Å². The Hall–Kier alpha value is -2.02. The topological polar surface area (TPSA) is 91.8 Å². The minimum atomic E-state index is -1.06. The molecule has 0 spiro atoms. The van der Waals surface area contributed by atoms with E-state index in [1.54, 1.807) is 20.8 Å². The smallest absolute Gasteiger partial charge is 0.407 e. The van der Waals surface area contributed by atoms with Gasteiger partial charge in [0.15, 0.2) is 0 Å². The third-order valence-corrected chi connectivity index (χ3v) is 3.54. The number of hydrogen-bond acceptors (Lipinski definition) is 5. The van der Waals surface area contributed by atoms with E-state index in [1.807, 2.05) is 4.90 Å². The molecule has 1 aliphatic heterocycles. The van der Waals surface area contributed by atoms with Crippen molar-refractivity contribution in [1.82, 2.24) is 10.3 Å². The quantitative estimate of drug-likeness (QED) is 0.821. The molecule has 0 saturated carbocycles. The average molecular weight is 342 g/mol. The number of hydrogen-bond donors (Lipinski definition) is 2. The summed E-state index contributed by atoms with van der Waals surface area (Å²) in [6.07, 6.45) is 1.46. The monoisotopic (exact) mass is 341 g/mol. The van der Waals surface area contributed by atoms with Gasteiger partial charge in [0, 0.05) is 19.3 Å². The molecule has 0 radical (unpaired) electrons. The van der Waals surface area contributed by atoms with Gasteiger partial charge in [-0.2, -0.15) is 0 Å². The number of carbonyl (C=O) groups is 2.